The minimum Gasteiger partial charge on any atom is -0.381 e. The lowest BCUT2D eigenvalue weighted by Crippen LogP contribution is -2.26. The Kier molecular flexibility index (Phi) is 3.60. The number of rotatable bonds is 3. The number of nitrogens with zero attached hydrogens (tertiary/aromatic N) is 1. The molecule has 0 aliphatic carbocycles. The average Bonchev–Trinajstić information content (AvgIpc) is 2.85. The van der Waals surface area contributed by atoms with E-state index in [9.17, 15) is 4.39 Å². The molecule has 3 nitrogen and oxygen atoms in total. The second-order valence-electron chi connectivity index (χ2n) is 4.36. The van der Waals surface area contributed by atoms with Crippen molar-refractivity contribution >= 4 is 5.69 Å². The van der Waals surface area contributed by atoms with E-state index in [2.05, 4.69) is 5.32 Å². The van der Waals surface area contributed by atoms with Crippen LogP contribution >= 0.6 is 0 Å². The van der Waals surface area contributed by atoms with Gasteiger partial charge in [-0.1, -0.05) is 0 Å². The molecule has 1 saturated heterocycles. The van der Waals surface area contributed by atoms with Crippen LogP contribution < -0.4 is 5.32 Å². The molecule has 2 unspecified atom stereocenters. The monoisotopic (exact) mass is 234 g/mol. The molecule has 0 aromatic heterocycles. The van der Waals surface area contributed by atoms with Crippen LogP contribution in [0.3, 0.4) is 0 Å². The molecule has 1 fully saturated rings. The van der Waals surface area contributed by atoms with Crippen LogP contribution in [-0.2, 0) is 4.74 Å². The van der Waals surface area contributed by atoms with E-state index in [1.54, 1.807) is 12.1 Å². The molecule has 17 heavy (non-hydrogen) atoms. The first kappa shape index (κ1) is 11.9. The lowest BCUT2D eigenvalue weighted by atomic mass is 10.0. The van der Waals surface area contributed by atoms with Crippen molar-refractivity contribution in [2.75, 3.05) is 18.5 Å². The molecule has 1 N–H and O–H groups in total. The van der Waals surface area contributed by atoms with E-state index in [-0.39, 0.29) is 11.9 Å². The zero-order valence-electron chi connectivity index (χ0n) is 9.74. The van der Waals surface area contributed by atoms with E-state index in [1.807, 2.05) is 13.0 Å². The third-order valence-electron chi connectivity index (χ3n) is 3.15. The predicted molar refractivity (Wildman–Crippen MR) is 63.1 cm³/mol. The average molecular weight is 234 g/mol. The number of hydrogen-bond donors (Lipinski definition) is 1. The minimum atomic E-state index is -0.380. The summed E-state index contributed by atoms with van der Waals surface area (Å²) in [7, 11) is 0. The number of nitrogens with one attached hydrogen (secondary N) is 1. The molecule has 0 saturated carbocycles. The molecule has 2 atom stereocenters. The van der Waals surface area contributed by atoms with Gasteiger partial charge in [0, 0.05) is 18.6 Å². The Hall–Kier alpha value is -1.60. The first-order valence-corrected chi connectivity index (χ1v) is 5.74. The smallest absolute Gasteiger partial charge is 0.147 e. The van der Waals surface area contributed by atoms with Crippen molar-refractivity contribution < 1.29 is 9.13 Å². The van der Waals surface area contributed by atoms with Crippen molar-refractivity contribution in [2.45, 2.75) is 19.4 Å². The fourth-order valence-electron chi connectivity index (χ4n) is 2.01. The standard InChI is InChI=1S/C13H15FN2O/c1-9(11-4-5-17-8-11)16-13-3-2-10(7-15)6-12(13)14/h2-3,6,9,11,16H,4-5,8H2,1H3. The molecule has 1 heterocycles. The molecule has 1 aromatic carbocycles. The predicted octanol–water partition coefficient (Wildman–Crippen LogP) is 2.53. The maximum atomic E-state index is 13.6. The molecule has 1 aliphatic heterocycles. The highest BCUT2D eigenvalue weighted by Gasteiger charge is 2.22. The van der Waals surface area contributed by atoms with Gasteiger partial charge in [0.15, 0.2) is 0 Å². The zero-order valence-corrected chi connectivity index (χ0v) is 9.74. The summed E-state index contributed by atoms with van der Waals surface area (Å²) in [6.45, 7) is 3.54. The SMILES string of the molecule is CC(Nc1ccc(C#N)cc1F)C1CCOC1. The van der Waals surface area contributed by atoms with Gasteiger partial charge in [-0.15, -0.1) is 0 Å². The van der Waals surface area contributed by atoms with Gasteiger partial charge in [0.2, 0.25) is 0 Å². The first-order chi connectivity index (χ1) is 8.20. The van der Waals surface area contributed by atoms with Crippen LogP contribution in [-0.4, -0.2) is 19.3 Å². The number of benzene rings is 1. The summed E-state index contributed by atoms with van der Waals surface area (Å²) >= 11 is 0. The van der Waals surface area contributed by atoms with Crippen molar-refractivity contribution in [2.24, 2.45) is 5.92 Å². The summed E-state index contributed by atoms with van der Waals surface area (Å²) < 4.78 is 18.9. The van der Waals surface area contributed by atoms with Crippen molar-refractivity contribution in [3.8, 4) is 6.07 Å². The number of halogens is 1. The number of ether oxygens (including phenoxy) is 1. The Morgan fingerprint density at radius 2 is 2.41 bits per heavy atom. The van der Waals surface area contributed by atoms with Gasteiger partial charge < -0.3 is 10.1 Å². The first-order valence-electron chi connectivity index (χ1n) is 5.74. The normalized spacial score (nSPS) is 20.9. The van der Waals surface area contributed by atoms with Crippen LogP contribution in [0.15, 0.2) is 18.2 Å². The van der Waals surface area contributed by atoms with E-state index >= 15 is 0 Å². The maximum Gasteiger partial charge on any atom is 0.147 e. The summed E-state index contributed by atoms with van der Waals surface area (Å²) in [6.07, 6.45) is 1.01. The Morgan fingerprint density at radius 3 is 3.00 bits per heavy atom. The van der Waals surface area contributed by atoms with Gasteiger partial charge in [0.05, 0.1) is 23.9 Å². The molecule has 1 aromatic rings. The van der Waals surface area contributed by atoms with Gasteiger partial charge in [-0.25, -0.2) is 4.39 Å². The van der Waals surface area contributed by atoms with Gasteiger partial charge in [-0.3, -0.25) is 0 Å². The lowest BCUT2D eigenvalue weighted by Gasteiger charge is -2.20. The van der Waals surface area contributed by atoms with Crippen LogP contribution in [0.4, 0.5) is 10.1 Å². The molecular formula is C13H15FN2O. The van der Waals surface area contributed by atoms with E-state index in [0.717, 1.165) is 19.6 Å². The van der Waals surface area contributed by atoms with Crippen LogP contribution in [0.1, 0.15) is 18.9 Å². The molecular weight excluding hydrogens is 219 g/mol. The van der Waals surface area contributed by atoms with E-state index < -0.39 is 0 Å². The lowest BCUT2D eigenvalue weighted by molar-refractivity contribution is 0.183. The number of anilines is 1. The van der Waals surface area contributed by atoms with E-state index in [4.69, 9.17) is 10.00 Å². The molecule has 0 radical (unpaired) electrons. The van der Waals surface area contributed by atoms with Crippen molar-refractivity contribution in [3.05, 3.63) is 29.6 Å². The van der Waals surface area contributed by atoms with Gasteiger partial charge >= 0.3 is 0 Å². The van der Waals surface area contributed by atoms with Crippen LogP contribution in [0.2, 0.25) is 0 Å². The van der Waals surface area contributed by atoms with Crippen LogP contribution in [0.25, 0.3) is 0 Å². The molecule has 0 spiro atoms. The molecule has 1 aliphatic rings. The fraction of sp³-hybridized carbons (Fsp3) is 0.462. The second kappa shape index (κ2) is 5.15. The summed E-state index contributed by atoms with van der Waals surface area (Å²) in [6, 6.07) is 6.56. The summed E-state index contributed by atoms with van der Waals surface area (Å²) in [5.41, 5.74) is 0.785. The highest BCUT2D eigenvalue weighted by Crippen LogP contribution is 2.22. The minimum absolute atomic E-state index is 0.167. The highest BCUT2D eigenvalue weighted by molar-refractivity contribution is 5.49. The molecule has 4 heteroatoms. The third kappa shape index (κ3) is 2.75. The molecule has 2 rings (SSSR count). The largest absolute Gasteiger partial charge is 0.381 e. The summed E-state index contributed by atoms with van der Waals surface area (Å²) in [5.74, 6) is 0.0415. The Labute approximate surface area is 100 Å². The quantitative estimate of drug-likeness (QED) is 0.874. The zero-order chi connectivity index (χ0) is 12.3. The molecule has 0 amide bonds. The Morgan fingerprint density at radius 1 is 1.59 bits per heavy atom. The number of nitriles is 1. The summed E-state index contributed by atoms with van der Waals surface area (Å²) in [5, 5.41) is 11.8. The third-order valence-corrected chi connectivity index (χ3v) is 3.15. The van der Waals surface area contributed by atoms with Crippen LogP contribution in [0, 0.1) is 23.1 Å². The van der Waals surface area contributed by atoms with Gasteiger partial charge in [-0.05, 0) is 31.5 Å². The maximum absolute atomic E-state index is 13.6. The van der Waals surface area contributed by atoms with Crippen molar-refractivity contribution in [1.29, 1.82) is 5.26 Å². The molecule has 0 bridgehead atoms. The van der Waals surface area contributed by atoms with E-state index in [0.29, 0.717) is 17.2 Å². The summed E-state index contributed by atoms with van der Waals surface area (Å²) in [4.78, 5) is 0. The van der Waals surface area contributed by atoms with Crippen molar-refractivity contribution in [3.63, 3.8) is 0 Å². The second-order valence-corrected chi connectivity index (χ2v) is 4.36. The Balaban J connectivity index is 2.05. The van der Waals surface area contributed by atoms with Gasteiger partial charge in [0.1, 0.15) is 5.82 Å². The van der Waals surface area contributed by atoms with Gasteiger partial charge in [-0.2, -0.15) is 5.26 Å². The number of hydrogen-bond acceptors (Lipinski definition) is 3. The van der Waals surface area contributed by atoms with Gasteiger partial charge in [0.25, 0.3) is 0 Å². The molecule has 90 valence electrons. The van der Waals surface area contributed by atoms with Crippen molar-refractivity contribution in [1.82, 2.24) is 0 Å². The highest BCUT2D eigenvalue weighted by atomic mass is 19.1. The van der Waals surface area contributed by atoms with E-state index in [1.165, 1.54) is 6.07 Å². The Bertz CT molecular complexity index is 436. The fourth-order valence-corrected chi connectivity index (χ4v) is 2.01. The topological polar surface area (TPSA) is 45.0 Å². The van der Waals surface area contributed by atoms with Crippen LogP contribution in [0.5, 0.6) is 0 Å².